The van der Waals surface area contributed by atoms with E-state index in [9.17, 15) is 5.11 Å². The molecule has 5 nitrogen and oxygen atoms in total. The van der Waals surface area contributed by atoms with E-state index in [0.717, 1.165) is 65.1 Å². The molecular weight excluding hydrogens is 454 g/mol. The van der Waals surface area contributed by atoms with Crippen LogP contribution in [0.3, 0.4) is 0 Å². The predicted octanol–water partition coefficient (Wildman–Crippen LogP) is 5.40. The van der Waals surface area contributed by atoms with Crippen molar-refractivity contribution in [2.45, 2.75) is 31.5 Å². The van der Waals surface area contributed by atoms with Crippen LogP contribution in [0.5, 0.6) is 5.75 Å². The standard InChI is InChI=1S/C26H28ClN3O2S/c1-32-18-6-7-22-21(14-18)19(8-11-28-22)23(31)16-30-12-9-17(10-13-30)29-15-25-26(27)20-4-2-3-5-24(20)33-25/h2-8,11,14,17,23,29,31H,9-10,12-13,15-16H2,1H3/t23-/m0/s1. The molecule has 0 amide bonds. The van der Waals surface area contributed by atoms with Gasteiger partial charge in [0.25, 0.3) is 0 Å². The Morgan fingerprint density at radius 1 is 1.18 bits per heavy atom. The molecule has 7 heteroatoms. The molecule has 1 saturated heterocycles. The summed E-state index contributed by atoms with van der Waals surface area (Å²) in [7, 11) is 1.65. The van der Waals surface area contributed by atoms with E-state index in [1.165, 1.54) is 9.58 Å². The first-order valence-corrected chi connectivity index (χ1v) is 12.5. The molecular formula is C26H28ClN3O2S. The van der Waals surface area contributed by atoms with E-state index in [4.69, 9.17) is 16.3 Å². The molecule has 2 aromatic heterocycles. The second-order valence-corrected chi connectivity index (χ2v) is 10.1. The summed E-state index contributed by atoms with van der Waals surface area (Å²) in [5.74, 6) is 0.773. The highest BCUT2D eigenvalue weighted by atomic mass is 35.5. The summed E-state index contributed by atoms with van der Waals surface area (Å²) in [4.78, 5) is 7.98. The van der Waals surface area contributed by atoms with Crippen molar-refractivity contribution in [2.24, 2.45) is 0 Å². The highest BCUT2D eigenvalue weighted by molar-refractivity contribution is 7.19. The number of nitrogens with one attached hydrogen (secondary N) is 1. The third-order valence-electron chi connectivity index (χ3n) is 6.51. The number of aliphatic hydroxyl groups excluding tert-OH is 1. The van der Waals surface area contributed by atoms with Gasteiger partial charge in [-0.3, -0.25) is 4.98 Å². The Hall–Kier alpha value is -2.22. The Labute approximate surface area is 203 Å². The number of thiophene rings is 1. The minimum absolute atomic E-state index is 0.464. The number of methoxy groups -OCH3 is 1. The van der Waals surface area contributed by atoms with E-state index < -0.39 is 6.10 Å². The zero-order chi connectivity index (χ0) is 22.8. The van der Waals surface area contributed by atoms with Crippen LogP contribution in [0, 0.1) is 0 Å². The first-order valence-electron chi connectivity index (χ1n) is 11.3. The number of likely N-dealkylation sites (tertiary alicyclic amines) is 1. The molecule has 2 N–H and O–H groups in total. The summed E-state index contributed by atoms with van der Waals surface area (Å²) in [6.45, 7) is 3.34. The number of ether oxygens (including phenoxy) is 1. The second-order valence-electron chi connectivity index (χ2n) is 8.59. The van der Waals surface area contributed by atoms with Gasteiger partial charge in [-0.1, -0.05) is 29.8 Å². The number of benzene rings is 2. The van der Waals surface area contributed by atoms with Crippen molar-refractivity contribution in [2.75, 3.05) is 26.7 Å². The average molecular weight is 482 g/mol. The van der Waals surface area contributed by atoms with Crippen LogP contribution < -0.4 is 10.1 Å². The summed E-state index contributed by atoms with van der Waals surface area (Å²) in [5, 5.41) is 17.7. The van der Waals surface area contributed by atoms with E-state index in [2.05, 4.69) is 33.4 Å². The molecule has 1 fully saturated rings. The molecule has 5 rings (SSSR count). The summed E-state index contributed by atoms with van der Waals surface area (Å²) in [6, 6.07) is 16.5. The molecule has 33 heavy (non-hydrogen) atoms. The Balaban J connectivity index is 1.17. The van der Waals surface area contributed by atoms with Crippen molar-refractivity contribution < 1.29 is 9.84 Å². The quantitative estimate of drug-likeness (QED) is 0.370. The van der Waals surface area contributed by atoms with Crippen LogP contribution in [0.4, 0.5) is 0 Å². The summed E-state index contributed by atoms with van der Waals surface area (Å²) >= 11 is 8.37. The second kappa shape index (κ2) is 9.95. The van der Waals surface area contributed by atoms with Gasteiger partial charge in [0.15, 0.2) is 0 Å². The molecule has 1 aliphatic heterocycles. The minimum atomic E-state index is -0.565. The van der Waals surface area contributed by atoms with Gasteiger partial charge in [-0.05, 0) is 61.8 Å². The molecule has 0 spiro atoms. The van der Waals surface area contributed by atoms with E-state index in [1.807, 2.05) is 30.3 Å². The Morgan fingerprint density at radius 3 is 2.79 bits per heavy atom. The lowest BCUT2D eigenvalue weighted by molar-refractivity contribution is 0.0949. The zero-order valence-corrected chi connectivity index (χ0v) is 20.2. The summed E-state index contributed by atoms with van der Waals surface area (Å²) < 4.78 is 6.60. The fourth-order valence-corrected chi connectivity index (χ4v) is 6.09. The highest BCUT2D eigenvalue weighted by Crippen LogP contribution is 2.35. The van der Waals surface area contributed by atoms with Crippen LogP contribution in [0.15, 0.2) is 54.7 Å². The number of halogens is 1. The van der Waals surface area contributed by atoms with E-state index in [-0.39, 0.29) is 0 Å². The Kier molecular flexibility index (Phi) is 6.81. The molecule has 172 valence electrons. The lowest BCUT2D eigenvalue weighted by Crippen LogP contribution is -2.43. The van der Waals surface area contributed by atoms with Gasteiger partial charge in [0.05, 0.1) is 23.8 Å². The number of nitrogens with zero attached hydrogens (tertiary/aromatic N) is 2. The largest absolute Gasteiger partial charge is 0.497 e. The lowest BCUT2D eigenvalue weighted by atomic mass is 10.0. The third-order valence-corrected chi connectivity index (χ3v) is 8.23. The number of fused-ring (bicyclic) bond motifs is 2. The van der Waals surface area contributed by atoms with Crippen molar-refractivity contribution in [3.05, 3.63) is 70.2 Å². The average Bonchev–Trinajstić information content (AvgIpc) is 3.18. The minimum Gasteiger partial charge on any atom is -0.497 e. The van der Waals surface area contributed by atoms with Crippen molar-refractivity contribution in [3.63, 3.8) is 0 Å². The van der Waals surface area contributed by atoms with Crippen LogP contribution in [0.2, 0.25) is 5.02 Å². The molecule has 0 radical (unpaired) electrons. The van der Waals surface area contributed by atoms with Crippen LogP contribution >= 0.6 is 22.9 Å². The monoisotopic (exact) mass is 481 g/mol. The van der Waals surface area contributed by atoms with Gasteiger partial charge in [-0.15, -0.1) is 11.3 Å². The SMILES string of the molecule is COc1ccc2nccc([C@@H](O)CN3CCC(NCc4sc5ccccc5c4Cl)CC3)c2c1. The molecule has 2 aromatic carbocycles. The number of rotatable bonds is 7. The first-order chi connectivity index (χ1) is 16.1. The van der Waals surface area contributed by atoms with Gasteiger partial charge in [0.2, 0.25) is 0 Å². The van der Waals surface area contributed by atoms with E-state index >= 15 is 0 Å². The van der Waals surface area contributed by atoms with Crippen molar-refractivity contribution in [3.8, 4) is 5.75 Å². The number of aliphatic hydroxyl groups is 1. The Bertz CT molecular complexity index is 1250. The number of β-amino-alcohol motifs (C(OH)–C–C–N with tert-alkyl or cyclic N) is 1. The number of piperidine rings is 1. The summed E-state index contributed by atoms with van der Waals surface area (Å²) in [6.07, 6.45) is 3.31. The normalized spacial score (nSPS) is 16.5. The fraction of sp³-hybridized carbons (Fsp3) is 0.346. The van der Waals surface area contributed by atoms with Crippen LogP contribution in [0.1, 0.15) is 29.4 Å². The molecule has 1 atom stereocenters. The van der Waals surface area contributed by atoms with Crippen molar-refractivity contribution in [1.82, 2.24) is 15.2 Å². The molecule has 3 heterocycles. The molecule has 0 aliphatic carbocycles. The molecule has 1 aliphatic rings. The van der Waals surface area contributed by atoms with E-state index in [0.29, 0.717) is 12.6 Å². The van der Waals surface area contributed by atoms with Gasteiger partial charge in [0, 0.05) is 45.7 Å². The van der Waals surface area contributed by atoms with Crippen LogP contribution in [-0.4, -0.2) is 47.8 Å². The third kappa shape index (κ3) is 4.86. The van der Waals surface area contributed by atoms with Gasteiger partial charge < -0.3 is 20.1 Å². The molecule has 0 bridgehead atoms. The van der Waals surface area contributed by atoms with Gasteiger partial charge in [-0.25, -0.2) is 0 Å². The van der Waals surface area contributed by atoms with Gasteiger partial charge >= 0.3 is 0 Å². The summed E-state index contributed by atoms with van der Waals surface area (Å²) in [5.41, 5.74) is 1.77. The maximum absolute atomic E-state index is 11.0. The van der Waals surface area contributed by atoms with E-state index in [1.54, 1.807) is 24.6 Å². The van der Waals surface area contributed by atoms with Crippen molar-refractivity contribution >= 4 is 43.9 Å². The number of hydrogen-bond acceptors (Lipinski definition) is 6. The maximum Gasteiger partial charge on any atom is 0.119 e. The van der Waals surface area contributed by atoms with Crippen LogP contribution in [-0.2, 0) is 6.54 Å². The molecule has 0 unspecified atom stereocenters. The highest BCUT2D eigenvalue weighted by Gasteiger charge is 2.23. The van der Waals surface area contributed by atoms with Gasteiger partial charge in [0.1, 0.15) is 5.75 Å². The number of hydrogen-bond donors (Lipinski definition) is 2. The van der Waals surface area contributed by atoms with Crippen LogP contribution in [0.25, 0.3) is 21.0 Å². The zero-order valence-electron chi connectivity index (χ0n) is 18.6. The molecule has 4 aromatic rings. The maximum atomic E-state index is 11.0. The smallest absolute Gasteiger partial charge is 0.119 e. The lowest BCUT2D eigenvalue weighted by Gasteiger charge is -2.33. The number of pyridine rings is 1. The topological polar surface area (TPSA) is 57.6 Å². The van der Waals surface area contributed by atoms with Crippen molar-refractivity contribution in [1.29, 1.82) is 0 Å². The first kappa shape index (κ1) is 22.6. The Morgan fingerprint density at radius 2 is 2.00 bits per heavy atom. The molecule has 0 saturated carbocycles. The fourth-order valence-electron chi connectivity index (χ4n) is 4.64. The number of aromatic nitrogens is 1. The van der Waals surface area contributed by atoms with Gasteiger partial charge in [-0.2, -0.15) is 0 Å². The predicted molar refractivity (Wildman–Crippen MR) is 136 cm³/mol.